The Labute approximate surface area is 175 Å². The summed E-state index contributed by atoms with van der Waals surface area (Å²) in [5, 5.41) is 9.37. The normalized spacial score (nSPS) is 10.6. The van der Waals surface area contributed by atoms with E-state index in [1.807, 2.05) is 73.7 Å². The second kappa shape index (κ2) is 8.62. The lowest BCUT2D eigenvalue weighted by atomic mass is 9.93. The average molecular weight is 395 g/mol. The monoisotopic (exact) mass is 395 g/mol. The molecule has 4 aromatic rings. The van der Waals surface area contributed by atoms with Crippen molar-refractivity contribution in [2.45, 2.75) is 13.5 Å². The van der Waals surface area contributed by atoms with Gasteiger partial charge in [-0.2, -0.15) is 0 Å². The first-order valence-corrected chi connectivity index (χ1v) is 9.68. The second-order valence-corrected chi connectivity index (χ2v) is 7.07. The summed E-state index contributed by atoms with van der Waals surface area (Å²) in [5.41, 5.74) is 5.92. The summed E-state index contributed by atoms with van der Waals surface area (Å²) in [6.45, 7) is 2.41. The summed E-state index contributed by atoms with van der Waals surface area (Å²) in [6.07, 6.45) is 1.79. The minimum absolute atomic E-state index is 0.255. The molecule has 4 heteroatoms. The van der Waals surface area contributed by atoms with Gasteiger partial charge >= 0.3 is 5.97 Å². The molecule has 0 aliphatic rings. The molecule has 3 aromatic carbocycles. The van der Waals surface area contributed by atoms with Gasteiger partial charge in [0.15, 0.2) is 0 Å². The van der Waals surface area contributed by atoms with Gasteiger partial charge in [0, 0.05) is 11.8 Å². The van der Waals surface area contributed by atoms with Crippen molar-refractivity contribution >= 4 is 5.97 Å². The molecule has 0 radical (unpaired) electrons. The number of nitrogens with zero attached hydrogens (tertiary/aromatic N) is 1. The molecule has 0 aliphatic heterocycles. The minimum Gasteiger partial charge on any atom is -0.478 e. The number of aryl methyl sites for hydroxylation is 1. The van der Waals surface area contributed by atoms with Crippen molar-refractivity contribution in [3.8, 4) is 28.1 Å². The van der Waals surface area contributed by atoms with Gasteiger partial charge in [-0.15, -0.1) is 0 Å². The maximum absolute atomic E-state index is 11.4. The number of aromatic carboxylic acids is 1. The van der Waals surface area contributed by atoms with Crippen LogP contribution in [0.15, 0.2) is 91.1 Å². The van der Waals surface area contributed by atoms with Gasteiger partial charge in [0.25, 0.3) is 0 Å². The highest BCUT2D eigenvalue weighted by Crippen LogP contribution is 2.37. The van der Waals surface area contributed by atoms with Gasteiger partial charge in [0.05, 0.1) is 5.56 Å². The number of hydrogen-bond donors (Lipinski definition) is 1. The highest BCUT2D eigenvalue weighted by Gasteiger charge is 2.15. The van der Waals surface area contributed by atoms with Gasteiger partial charge in [0.2, 0.25) is 5.88 Å². The van der Waals surface area contributed by atoms with E-state index in [2.05, 4.69) is 4.98 Å². The molecule has 4 nitrogen and oxygen atoms in total. The van der Waals surface area contributed by atoms with Crippen molar-refractivity contribution in [1.29, 1.82) is 0 Å². The van der Waals surface area contributed by atoms with Crippen LogP contribution in [-0.2, 0) is 6.61 Å². The average Bonchev–Trinajstić information content (AvgIpc) is 2.79. The Morgan fingerprint density at radius 1 is 0.867 bits per heavy atom. The van der Waals surface area contributed by atoms with E-state index in [1.54, 1.807) is 24.4 Å². The van der Waals surface area contributed by atoms with Crippen LogP contribution < -0.4 is 4.74 Å². The molecule has 0 bridgehead atoms. The van der Waals surface area contributed by atoms with Crippen molar-refractivity contribution < 1.29 is 14.6 Å². The number of hydrogen-bond acceptors (Lipinski definition) is 3. The second-order valence-electron chi connectivity index (χ2n) is 7.07. The topological polar surface area (TPSA) is 59.4 Å². The summed E-state index contributed by atoms with van der Waals surface area (Å²) in [7, 11) is 0. The Hall–Kier alpha value is -3.92. The summed E-state index contributed by atoms with van der Waals surface area (Å²) < 4.78 is 6.08. The Morgan fingerprint density at radius 2 is 1.60 bits per heavy atom. The molecule has 0 fully saturated rings. The molecule has 1 aromatic heterocycles. The highest BCUT2D eigenvalue weighted by molar-refractivity contribution is 5.92. The van der Waals surface area contributed by atoms with E-state index in [0.717, 1.165) is 33.4 Å². The van der Waals surface area contributed by atoms with Crippen LogP contribution in [0.4, 0.5) is 0 Å². The summed E-state index contributed by atoms with van der Waals surface area (Å²) in [6, 6.07) is 26.9. The molecule has 0 aliphatic carbocycles. The van der Waals surface area contributed by atoms with E-state index in [0.29, 0.717) is 12.5 Å². The highest BCUT2D eigenvalue weighted by atomic mass is 16.5. The molecular weight excluding hydrogens is 374 g/mol. The molecule has 0 spiro atoms. The Bertz CT molecular complexity index is 1190. The fourth-order valence-electron chi connectivity index (χ4n) is 3.38. The zero-order chi connectivity index (χ0) is 20.9. The van der Waals surface area contributed by atoms with Crippen LogP contribution in [0.1, 0.15) is 21.5 Å². The first kappa shape index (κ1) is 19.4. The van der Waals surface area contributed by atoms with Crippen molar-refractivity contribution in [3.63, 3.8) is 0 Å². The van der Waals surface area contributed by atoms with Crippen LogP contribution in [0.5, 0.6) is 5.88 Å². The van der Waals surface area contributed by atoms with E-state index in [1.165, 1.54) is 0 Å². The lowest BCUT2D eigenvalue weighted by Gasteiger charge is -2.15. The molecule has 0 amide bonds. The van der Waals surface area contributed by atoms with Crippen LogP contribution >= 0.6 is 0 Å². The van der Waals surface area contributed by atoms with Crippen molar-refractivity contribution in [3.05, 3.63) is 108 Å². The fourth-order valence-corrected chi connectivity index (χ4v) is 3.38. The quantitative estimate of drug-likeness (QED) is 0.435. The lowest BCUT2D eigenvalue weighted by molar-refractivity contribution is 0.0697. The van der Waals surface area contributed by atoms with Gasteiger partial charge in [-0.1, -0.05) is 66.7 Å². The predicted octanol–water partition coefficient (Wildman–Crippen LogP) is 6.00. The van der Waals surface area contributed by atoms with Crippen LogP contribution in [0, 0.1) is 6.92 Å². The summed E-state index contributed by atoms with van der Waals surface area (Å²) in [4.78, 5) is 16.0. The maximum Gasteiger partial charge on any atom is 0.335 e. The largest absolute Gasteiger partial charge is 0.478 e. The van der Waals surface area contributed by atoms with E-state index in [9.17, 15) is 9.90 Å². The van der Waals surface area contributed by atoms with Gasteiger partial charge in [-0.25, -0.2) is 9.78 Å². The van der Waals surface area contributed by atoms with Crippen molar-refractivity contribution in [2.75, 3.05) is 0 Å². The zero-order valence-corrected chi connectivity index (χ0v) is 16.6. The van der Waals surface area contributed by atoms with Crippen molar-refractivity contribution in [2.24, 2.45) is 0 Å². The molecule has 148 valence electrons. The summed E-state index contributed by atoms with van der Waals surface area (Å²) >= 11 is 0. The molecule has 30 heavy (non-hydrogen) atoms. The minimum atomic E-state index is -0.946. The van der Waals surface area contributed by atoms with Gasteiger partial charge in [-0.3, -0.25) is 0 Å². The standard InChI is InChI=1S/C26H21NO3/c1-18-14-24(25(27-16-18)30-17-19-8-3-2-4-9-19)23-13-6-5-12-22(23)20-10-7-11-21(15-20)26(28)29/h2-16H,17H2,1H3,(H,28,29). The number of rotatable bonds is 6. The summed E-state index contributed by atoms with van der Waals surface area (Å²) in [5.74, 6) is -0.398. The molecule has 1 N–H and O–H groups in total. The molecular formula is C26H21NO3. The van der Waals surface area contributed by atoms with Crippen LogP contribution in [-0.4, -0.2) is 16.1 Å². The van der Waals surface area contributed by atoms with Gasteiger partial charge in [-0.05, 0) is 52.9 Å². The molecule has 1 heterocycles. The molecule has 4 rings (SSSR count). The number of aromatic nitrogens is 1. The lowest BCUT2D eigenvalue weighted by Crippen LogP contribution is -2.00. The van der Waals surface area contributed by atoms with E-state index >= 15 is 0 Å². The van der Waals surface area contributed by atoms with Crippen LogP contribution in [0.2, 0.25) is 0 Å². The number of benzene rings is 3. The third kappa shape index (κ3) is 4.23. The van der Waals surface area contributed by atoms with Crippen LogP contribution in [0.3, 0.4) is 0 Å². The SMILES string of the molecule is Cc1cnc(OCc2ccccc2)c(-c2ccccc2-c2cccc(C(=O)O)c2)c1. The maximum atomic E-state index is 11.4. The third-order valence-corrected chi connectivity index (χ3v) is 4.84. The smallest absolute Gasteiger partial charge is 0.335 e. The fraction of sp³-hybridized carbons (Fsp3) is 0.0769. The van der Waals surface area contributed by atoms with Crippen molar-refractivity contribution in [1.82, 2.24) is 4.98 Å². The van der Waals surface area contributed by atoms with Crippen LogP contribution in [0.25, 0.3) is 22.3 Å². The van der Waals surface area contributed by atoms with E-state index < -0.39 is 5.97 Å². The molecule has 0 saturated carbocycles. The van der Waals surface area contributed by atoms with Gasteiger partial charge < -0.3 is 9.84 Å². The predicted molar refractivity (Wildman–Crippen MR) is 118 cm³/mol. The first-order valence-electron chi connectivity index (χ1n) is 9.68. The third-order valence-electron chi connectivity index (χ3n) is 4.84. The Kier molecular flexibility index (Phi) is 5.57. The number of carboxylic acids is 1. The molecule has 0 saturated heterocycles. The van der Waals surface area contributed by atoms with E-state index in [-0.39, 0.29) is 5.56 Å². The number of carboxylic acid groups (broad SMARTS) is 1. The number of pyridine rings is 1. The Morgan fingerprint density at radius 3 is 2.37 bits per heavy atom. The zero-order valence-electron chi connectivity index (χ0n) is 16.6. The first-order chi connectivity index (χ1) is 14.6. The Balaban J connectivity index is 1.77. The van der Waals surface area contributed by atoms with E-state index in [4.69, 9.17) is 4.74 Å². The number of ether oxygens (including phenoxy) is 1. The number of carbonyl (C=O) groups is 1. The molecule has 0 atom stereocenters. The van der Waals surface area contributed by atoms with Gasteiger partial charge in [0.1, 0.15) is 6.61 Å². The molecule has 0 unspecified atom stereocenters.